The number of H-pyrrole nitrogens is 1. The lowest BCUT2D eigenvalue weighted by Gasteiger charge is -2.44. The normalized spacial score (nSPS) is 17.4. The van der Waals surface area contributed by atoms with E-state index < -0.39 is 0 Å². The molecule has 2 aromatic carbocycles. The largest absolute Gasteiger partial charge is 0.370 e. The summed E-state index contributed by atoms with van der Waals surface area (Å²) < 4.78 is 0. The van der Waals surface area contributed by atoms with Gasteiger partial charge in [-0.15, -0.1) is 0 Å². The van der Waals surface area contributed by atoms with Crippen LogP contribution in [-0.4, -0.2) is 41.6 Å². The van der Waals surface area contributed by atoms with Crippen LogP contribution < -0.4 is 15.5 Å². The summed E-state index contributed by atoms with van der Waals surface area (Å²) in [7, 11) is 0. The fourth-order valence-corrected chi connectivity index (χ4v) is 3.97. The summed E-state index contributed by atoms with van der Waals surface area (Å²) in [5, 5.41) is 0. The SMILES string of the molecule is Cc1nc2c(N3CCN(c4ccccc4)CC3CCC(N)=O)cccc2[nH]1. The lowest BCUT2D eigenvalue weighted by molar-refractivity contribution is -0.118. The summed E-state index contributed by atoms with van der Waals surface area (Å²) in [5.41, 5.74) is 9.83. The van der Waals surface area contributed by atoms with Gasteiger partial charge in [0, 0.05) is 37.8 Å². The monoisotopic (exact) mass is 363 g/mol. The van der Waals surface area contributed by atoms with Crippen LogP contribution in [-0.2, 0) is 4.79 Å². The average molecular weight is 363 g/mol. The molecule has 1 saturated heterocycles. The third kappa shape index (κ3) is 3.60. The van der Waals surface area contributed by atoms with Crippen LogP contribution in [0.25, 0.3) is 11.0 Å². The van der Waals surface area contributed by atoms with E-state index in [4.69, 9.17) is 10.7 Å². The second kappa shape index (κ2) is 7.31. The third-order valence-electron chi connectivity index (χ3n) is 5.25. The molecule has 6 heteroatoms. The Morgan fingerprint density at radius 1 is 1.19 bits per heavy atom. The maximum atomic E-state index is 11.4. The number of anilines is 2. The third-order valence-corrected chi connectivity index (χ3v) is 5.25. The molecule has 1 fully saturated rings. The van der Waals surface area contributed by atoms with Crippen LogP contribution >= 0.6 is 0 Å². The minimum atomic E-state index is -0.249. The molecule has 1 aromatic heterocycles. The Morgan fingerprint density at radius 2 is 2.00 bits per heavy atom. The first-order valence-electron chi connectivity index (χ1n) is 9.42. The number of aryl methyl sites for hydroxylation is 1. The molecule has 0 aliphatic carbocycles. The summed E-state index contributed by atoms with van der Waals surface area (Å²) in [6.07, 6.45) is 1.12. The van der Waals surface area contributed by atoms with Crippen LogP contribution in [0.3, 0.4) is 0 Å². The van der Waals surface area contributed by atoms with Crippen LogP contribution in [0.5, 0.6) is 0 Å². The number of fused-ring (bicyclic) bond motifs is 1. The molecule has 4 rings (SSSR count). The summed E-state index contributed by atoms with van der Waals surface area (Å²) in [6.45, 7) is 4.64. The van der Waals surface area contributed by atoms with Crippen molar-refractivity contribution in [2.24, 2.45) is 5.73 Å². The number of nitrogens with two attached hydrogens (primary N) is 1. The number of hydrogen-bond donors (Lipinski definition) is 2. The van der Waals surface area contributed by atoms with E-state index >= 15 is 0 Å². The van der Waals surface area contributed by atoms with Gasteiger partial charge < -0.3 is 20.5 Å². The summed E-state index contributed by atoms with van der Waals surface area (Å²) >= 11 is 0. The lowest BCUT2D eigenvalue weighted by atomic mass is 10.0. The quantitative estimate of drug-likeness (QED) is 0.731. The van der Waals surface area contributed by atoms with E-state index in [2.05, 4.69) is 57.2 Å². The molecule has 27 heavy (non-hydrogen) atoms. The van der Waals surface area contributed by atoms with Gasteiger partial charge in [0.05, 0.1) is 11.2 Å². The molecule has 3 N–H and O–H groups in total. The van der Waals surface area contributed by atoms with Gasteiger partial charge in [-0.25, -0.2) is 4.98 Å². The van der Waals surface area contributed by atoms with E-state index in [1.807, 2.05) is 13.0 Å². The molecule has 6 nitrogen and oxygen atoms in total. The van der Waals surface area contributed by atoms with Gasteiger partial charge in [0.25, 0.3) is 0 Å². The number of nitrogens with one attached hydrogen (secondary N) is 1. The molecule has 2 heterocycles. The smallest absolute Gasteiger partial charge is 0.217 e. The van der Waals surface area contributed by atoms with Crippen molar-refractivity contribution in [1.29, 1.82) is 0 Å². The number of aromatic amines is 1. The van der Waals surface area contributed by atoms with Crippen molar-refractivity contribution in [3.8, 4) is 0 Å². The summed E-state index contributed by atoms with van der Waals surface area (Å²) in [6, 6.07) is 16.9. The number of nitrogens with zero attached hydrogens (tertiary/aromatic N) is 3. The van der Waals surface area contributed by atoms with Crippen LogP contribution in [0.2, 0.25) is 0 Å². The standard InChI is InChI=1S/C21H25N5O/c1-15-23-18-8-5-9-19(21(18)24-15)26-13-12-25(16-6-3-2-4-7-16)14-17(26)10-11-20(22)27/h2-9,17H,10-14H2,1H3,(H2,22,27)(H,23,24). The van der Waals surface area contributed by atoms with Crippen molar-refractivity contribution in [1.82, 2.24) is 9.97 Å². The molecule has 1 aliphatic heterocycles. The van der Waals surface area contributed by atoms with Crippen molar-refractivity contribution in [3.63, 3.8) is 0 Å². The van der Waals surface area contributed by atoms with E-state index in [-0.39, 0.29) is 11.9 Å². The van der Waals surface area contributed by atoms with Crippen LogP contribution in [0, 0.1) is 6.92 Å². The van der Waals surface area contributed by atoms with Gasteiger partial charge >= 0.3 is 0 Å². The Kier molecular flexibility index (Phi) is 4.71. The number of carbonyl (C=O) groups excluding carboxylic acids is 1. The topological polar surface area (TPSA) is 78.2 Å². The molecule has 1 aliphatic rings. The predicted octanol–water partition coefficient (Wildman–Crippen LogP) is 2.83. The highest BCUT2D eigenvalue weighted by molar-refractivity contribution is 5.89. The summed E-state index contributed by atoms with van der Waals surface area (Å²) in [4.78, 5) is 24.2. The Morgan fingerprint density at radius 3 is 2.78 bits per heavy atom. The molecule has 0 radical (unpaired) electrons. The van der Waals surface area contributed by atoms with Crippen LogP contribution in [0.15, 0.2) is 48.5 Å². The Labute approximate surface area is 159 Å². The molecule has 0 saturated carbocycles. The highest BCUT2D eigenvalue weighted by atomic mass is 16.1. The molecule has 3 aromatic rings. The number of carbonyl (C=O) groups is 1. The first-order valence-corrected chi connectivity index (χ1v) is 9.42. The predicted molar refractivity (Wildman–Crippen MR) is 109 cm³/mol. The van der Waals surface area contributed by atoms with Gasteiger partial charge in [-0.2, -0.15) is 0 Å². The lowest BCUT2D eigenvalue weighted by Crippen LogP contribution is -2.53. The van der Waals surface area contributed by atoms with E-state index in [1.54, 1.807) is 0 Å². The average Bonchev–Trinajstić information content (AvgIpc) is 3.07. The fraction of sp³-hybridized carbons (Fsp3) is 0.333. The highest BCUT2D eigenvalue weighted by Gasteiger charge is 2.29. The molecule has 0 bridgehead atoms. The van der Waals surface area contributed by atoms with Crippen molar-refractivity contribution in [2.45, 2.75) is 25.8 Å². The van der Waals surface area contributed by atoms with Gasteiger partial charge in [0.2, 0.25) is 5.91 Å². The van der Waals surface area contributed by atoms with Gasteiger partial charge in [0.15, 0.2) is 0 Å². The molecule has 1 atom stereocenters. The van der Waals surface area contributed by atoms with E-state index in [0.717, 1.165) is 48.6 Å². The first kappa shape index (κ1) is 17.4. The number of piperazine rings is 1. The van der Waals surface area contributed by atoms with Crippen molar-refractivity contribution in [3.05, 3.63) is 54.4 Å². The molecular formula is C21H25N5O. The van der Waals surface area contributed by atoms with Crippen molar-refractivity contribution in [2.75, 3.05) is 29.4 Å². The van der Waals surface area contributed by atoms with Crippen molar-refractivity contribution >= 4 is 28.3 Å². The Bertz CT molecular complexity index is 936. The molecule has 1 amide bonds. The zero-order valence-electron chi connectivity index (χ0n) is 15.6. The number of benzene rings is 2. The van der Waals surface area contributed by atoms with Gasteiger partial charge in [-0.05, 0) is 37.6 Å². The second-order valence-corrected chi connectivity index (χ2v) is 7.13. The molecular weight excluding hydrogens is 338 g/mol. The molecule has 140 valence electrons. The highest BCUT2D eigenvalue weighted by Crippen LogP contribution is 2.31. The first-order chi connectivity index (χ1) is 13.1. The maximum absolute atomic E-state index is 11.4. The van der Waals surface area contributed by atoms with Gasteiger partial charge in [-0.3, -0.25) is 4.79 Å². The number of amides is 1. The molecule has 1 unspecified atom stereocenters. The Balaban J connectivity index is 1.65. The zero-order valence-corrected chi connectivity index (χ0v) is 15.6. The number of para-hydroxylation sites is 2. The minimum absolute atomic E-state index is 0.203. The minimum Gasteiger partial charge on any atom is -0.370 e. The maximum Gasteiger partial charge on any atom is 0.217 e. The van der Waals surface area contributed by atoms with Crippen LogP contribution in [0.4, 0.5) is 11.4 Å². The zero-order chi connectivity index (χ0) is 18.8. The van der Waals surface area contributed by atoms with Gasteiger partial charge in [0.1, 0.15) is 11.3 Å². The number of aromatic nitrogens is 2. The Hall–Kier alpha value is -3.02. The summed E-state index contributed by atoms with van der Waals surface area (Å²) in [5.74, 6) is 0.662. The molecule has 0 spiro atoms. The van der Waals surface area contributed by atoms with Crippen LogP contribution in [0.1, 0.15) is 18.7 Å². The number of hydrogen-bond acceptors (Lipinski definition) is 4. The number of rotatable bonds is 5. The van der Waals surface area contributed by atoms with Gasteiger partial charge in [-0.1, -0.05) is 24.3 Å². The van der Waals surface area contributed by atoms with E-state index in [9.17, 15) is 4.79 Å². The van der Waals surface area contributed by atoms with Crippen molar-refractivity contribution < 1.29 is 4.79 Å². The number of primary amides is 1. The fourth-order valence-electron chi connectivity index (χ4n) is 3.97. The number of imidazole rings is 1. The van der Waals surface area contributed by atoms with E-state index in [1.165, 1.54) is 5.69 Å². The van der Waals surface area contributed by atoms with E-state index in [0.29, 0.717) is 6.42 Å². The second-order valence-electron chi connectivity index (χ2n) is 7.13.